The van der Waals surface area contributed by atoms with Crippen molar-refractivity contribution in [1.29, 1.82) is 0 Å². The van der Waals surface area contributed by atoms with E-state index in [1.165, 1.54) is 12.8 Å². The first kappa shape index (κ1) is 11.4. The summed E-state index contributed by atoms with van der Waals surface area (Å²) in [5.41, 5.74) is 3.09. The van der Waals surface area contributed by atoms with Gasteiger partial charge < -0.3 is 5.11 Å². The van der Waals surface area contributed by atoms with Gasteiger partial charge in [0.1, 0.15) is 6.10 Å². The molecule has 0 spiro atoms. The van der Waals surface area contributed by atoms with Gasteiger partial charge in [-0.3, -0.25) is 4.98 Å². The fourth-order valence-electron chi connectivity index (χ4n) is 2.67. The average molecular weight is 239 g/mol. The predicted octanol–water partition coefficient (Wildman–Crippen LogP) is 3.77. The van der Waals surface area contributed by atoms with Crippen molar-refractivity contribution < 1.29 is 5.11 Å². The van der Waals surface area contributed by atoms with E-state index in [0.717, 1.165) is 34.9 Å². The Bertz CT molecular complexity index is 583. The summed E-state index contributed by atoms with van der Waals surface area (Å²) in [6.07, 6.45) is 8.04. The minimum absolute atomic E-state index is 0.474. The highest BCUT2D eigenvalue weighted by atomic mass is 16.3. The monoisotopic (exact) mass is 239 g/mol. The minimum atomic E-state index is -0.474. The van der Waals surface area contributed by atoms with Crippen LogP contribution in [-0.2, 0) is 0 Å². The summed E-state index contributed by atoms with van der Waals surface area (Å²) >= 11 is 0. The zero-order chi connectivity index (χ0) is 12.4. The molecule has 1 heterocycles. The van der Waals surface area contributed by atoms with Crippen molar-refractivity contribution in [3.05, 3.63) is 53.7 Å². The Morgan fingerprint density at radius 3 is 2.83 bits per heavy atom. The highest BCUT2D eigenvalue weighted by Gasteiger charge is 2.17. The topological polar surface area (TPSA) is 33.1 Å². The Morgan fingerprint density at radius 2 is 2.00 bits per heavy atom. The molecular formula is C16H17NO. The van der Waals surface area contributed by atoms with Crippen molar-refractivity contribution in [2.75, 3.05) is 0 Å². The minimum Gasteiger partial charge on any atom is -0.384 e. The van der Waals surface area contributed by atoms with E-state index in [-0.39, 0.29) is 0 Å². The second-order valence-electron chi connectivity index (χ2n) is 4.84. The van der Waals surface area contributed by atoms with E-state index in [1.54, 1.807) is 6.20 Å². The largest absolute Gasteiger partial charge is 0.384 e. The summed E-state index contributed by atoms with van der Waals surface area (Å²) < 4.78 is 0. The van der Waals surface area contributed by atoms with Crippen LogP contribution >= 0.6 is 0 Å². The number of nitrogens with zero attached hydrogens (tertiary/aromatic N) is 1. The lowest BCUT2D eigenvalue weighted by Crippen LogP contribution is -2.05. The van der Waals surface area contributed by atoms with Crippen LogP contribution in [0.5, 0.6) is 0 Å². The van der Waals surface area contributed by atoms with Gasteiger partial charge in [-0.15, -0.1) is 0 Å². The van der Waals surface area contributed by atoms with E-state index in [4.69, 9.17) is 0 Å². The van der Waals surface area contributed by atoms with Gasteiger partial charge in [0.2, 0.25) is 0 Å². The van der Waals surface area contributed by atoms with Crippen molar-refractivity contribution in [3.8, 4) is 0 Å². The molecule has 0 bridgehead atoms. The van der Waals surface area contributed by atoms with Gasteiger partial charge in [0.05, 0.1) is 5.52 Å². The number of hydrogen-bond acceptors (Lipinski definition) is 2. The Hall–Kier alpha value is -1.67. The van der Waals surface area contributed by atoms with Crippen LogP contribution in [0.4, 0.5) is 0 Å². The molecule has 2 nitrogen and oxygen atoms in total. The molecule has 1 N–H and O–H groups in total. The summed E-state index contributed by atoms with van der Waals surface area (Å²) in [7, 11) is 0. The second-order valence-corrected chi connectivity index (χ2v) is 4.84. The number of aliphatic hydroxyl groups excluding tert-OH is 1. The molecule has 1 aromatic carbocycles. The van der Waals surface area contributed by atoms with Gasteiger partial charge in [0, 0.05) is 11.6 Å². The first-order valence-corrected chi connectivity index (χ1v) is 6.57. The molecule has 0 fully saturated rings. The van der Waals surface area contributed by atoms with E-state index in [1.807, 2.05) is 30.3 Å². The molecular weight excluding hydrogens is 222 g/mol. The Balaban J connectivity index is 2.05. The molecule has 92 valence electrons. The van der Waals surface area contributed by atoms with Crippen LogP contribution in [0.25, 0.3) is 10.9 Å². The Kier molecular flexibility index (Phi) is 3.11. The third-order valence-electron chi connectivity index (χ3n) is 3.65. The van der Waals surface area contributed by atoms with Crippen LogP contribution in [0.2, 0.25) is 0 Å². The highest BCUT2D eigenvalue weighted by Crippen LogP contribution is 2.32. The standard InChI is InChI=1S/C16H17NO/c18-16(12-6-2-1-3-7-12)14-10-11-17-15-9-5-4-8-13(14)15/h4-6,8-11,16,18H,1-3,7H2. The molecule has 1 atom stereocenters. The zero-order valence-corrected chi connectivity index (χ0v) is 10.3. The molecule has 0 amide bonds. The maximum atomic E-state index is 10.5. The van der Waals surface area contributed by atoms with Gasteiger partial charge >= 0.3 is 0 Å². The van der Waals surface area contributed by atoms with Crippen molar-refractivity contribution in [1.82, 2.24) is 4.98 Å². The van der Waals surface area contributed by atoms with Gasteiger partial charge in [-0.25, -0.2) is 0 Å². The molecule has 1 aliphatic rings. The third-order valence-corrected chi connectivity index (χ3v) is 3.65. The molecule has 2 aromatic rings. The third kappa shape index (κ3) is 2.04. The number of para-hydroxylation sites is 1. The molecule has 1 aliphatic carbocycles. The van der Waals surface area contributed by atoms with Crippen LogP contribution < -0.4 is 0 Å². The number of fused-ring (bicyclic) bond motifs is 1. The van der Waals surface area contributed by atoms with Gasteiger partial charge in [0.25, 0.3) is 0 Å². The lowest BCUT2D eigenvalue weighted by Gasteiger charge is -2.20. The van der Waals surface area contributed by atoms with E-state index in [0.29, 0.717) is 0 Å². The number of aromatic nitrogens is 1. The molecule has 0 aliphatic heterocycles. The van der Waals surface area contributed by atoms with Crippen molar-refractivity contribution >= 4 is 10.9 Å². The molecule has 2 heteroatoms. The summed E-state index contributed by atoms with van der Waals surface area (Å²) in [5, 5.41) is 11.6. The summed E-state index contributed by atoms with van der Waals surface area (Å²) in [4.78, 5) is 4.34. The van der Waals surface area contributed by atoms with E-state index in [2.05, 4.69) is 11.1 Å². The first-order valence-electron chi connectivity index (χ1n) is 6.57. The SMILES string of the molecule is OC(C1=CCCCC1)c1ccnc2ccccc12. The fourth-order valence-corrected chi connectivity index (χ4v) is 2.67. The molecule has 18 heavy (non-hydrogen) atoms. The van der Waals surface area contributed by atoms with Gasteiger partial charge in [-0.05, 0) is 49.0 Å². The van der Waals surface area contributed by atoms with Crippen molar-refractivity contribution in [2.24, 2.45) is 0 Å². The first-order chi connectivity index (χ1) is 8.86. The van der Waals surface area contributed by atoms with E-state index in [9.17, 15) is 5.11 Å². The van der Waals surface area contributed by atoms with Crippen LogP contribution in [0.3, 0.4) is 0 Å². The average Bonchev–Trinajstić information content (AvgIpc) is 2.47. The summed E-state index contributed by atoms with van der Waals surface area (Å²) in [5.74, 6) is 0. The summed E-state index contributed by atoms with van der Waals surface area (Å²) in [6.45, 7) is 0. The van der Waals surface area contributed by atoms with Gasteiger partial charge in [0.15, 0.2) is 0 Å². The van der Waals surface area contributed by atoms with E-state index < -0.39 is 6.10 Å². The molecule has 0 saturated heterocycles. The van der Waals surface area contributed by atoms with Gasteiger partial charge in [-0.2, -0.15) is 0 Å². The van der Waals surface area contributed by atoms with Crippen molar-refractivity contribution in [3.63, 3.8) is 0 Å². The molecule has 1 unspecified atom stereocenters. The van der Waals surface area contributed by atoms with Crippen LogP contribution in [0.1, 0.15) is 37.4 Å². The summed E-state index contributed by atoms with van der Waals surface area (Å²) in [6, 6.07) is 9.92. The lowest BCUT2D eigenvalue weighted by molar-refractivity contribution is 0.210. The fraction of sp³-hybridized carbons (Fsp3) is 0.312. The quantitative estimate of drug-likeness (QED) is 0.809. The van der Waals surface area contributed by atoms with Crippen LogP contribution in [0.15, 0.2) is 48.2 Å². The predicted molar refractivity (Wildman–Crippen MR) is 73.3 cm³/mol. The molecule has 0 saturated carbocycles. The van der Waals surface area contributed by atoms with Crippen molar-refractivity contribution in [2.45, 2.75) is 31.8 Å². The number of benzene rings is 1. The molecule has 0 radical (unpaired) electrons. The van der Waals surface area contributed by atoms with Crippen LogP contribution in [0, 0.1) is 0 Å². The molecule has 1 aromatic heterocycles. The number of hydrogen-bond donors (Lipinski definition) is 1. The zero-order valence-electron chi connectivity index (χ0n) is 10.3. The maximum Gasteiger partial charge on any atom is 0.101 e. The number of rotatable bonds is 2. The normalized spacial score (nSPS) is 17.5. The van der Waals surface area contributed by atoms with Crippen LogP contribution in [-0.4, -0.2) is 10.1 Å². The smallest absolute Gasteiger partial charge is 0.101 e. The highest BCUT2D eigenvalue weighted by molar-refractivity contribution is 5.82. The number of pyridine rings is 1. The number of allylic oxidation sites excluding steroid dienone is 1. The number of aliphatic hydroxyl groups is 1. The molecule has 3 rings (SSSR count). The Labute approximate surface area is 107 Å². The second kappa shape index (κ2) is 4.91. The lowest BCUT2D eigenvalue weighted by atomic mass is 9.90. The van der Waals surface area contributed by atoms with E-state index >= 15 is 0 Å². The Morgan fingerprint density at radius 1 is 1.11 bits per heavy atom. The van der Waals surface area contributed by atoms with Gasteiger partial charge in [-0.1, -0.05) is 24.3 Å². The maximum absolute atomic E-state index is 10.5.